The Morgan fingerprint density at radius 1 is 1.15 bits per heavy atom. The first-order valence-corrected chi connectivity index (χ1v) is 7.12. The fourth-order valence-electron chi connectivity index (χ4n) is 3.38. The largest absolute Gasteiger partial charge is 0.326 e. The number of aromatic nitrogens is 2. The smallest absolute Gasteiger partial charge is 0.271 e. The van der Waals surface area contributed by atoms with Gasteiger partial charge in [-0.25, -0.2) is 0 Å². The lowest BCUT2D eigenvalue weighted by Crippen LogP contribution is -2.27. The second kappa shape index (κ2) is 4.54. The van der Waals surface area contributed by atoms with Gasteiger partial charge in [-0.1, -0.05) is 17.7 Å². The molecule has 1 aromatic carbocycles. The van der Waals surface area contributed by atoms with Crippen LogP contribution in [0.3, 0.4) is 0 Å². The molecule has 106 valence electrons. The van der Waals surface area contributed by atoms with Crippen LogP contribution in [0, 0.1) is 20.8 Å². The van der Waals surface area contributed by atoms with Crippen LogP contribution in [-0.2, 0) is 13.5 Å². The van der Waals surface area contributed by atoms with E-state index in [1.165, 1.54) is 22.4 Å². The monoisotopic (exact) mass is 271 g/mol. The van der Waals surface area contributed by atoms with Crippen molar-refractivity contribution >= 4 is 11.5 Å². The Kier molecular flexibility index (Phi) is 2.96. The summed E-state index contributed by atoms with van der Waals surface area (Å²) in [7, 11) is 1.79. The van der Waals surface area contributed by atoms with Crippen molar-refractivity contribution in [1.29, 1.82) is 0 Å². The van der Waals surface area contributed by atoms with E-state index >= 15 is 0 Å². The van der Waals surface area contributed by atoms with Gasteiger partial charge in [0, 0.05) is 19.3 Å². The number of hydrogen-bond acceptors (Lipinski definition) is 2. The second-order valence-corrected chi connectivity index (χ2v) is 5.81. The summed E-state index contributed by atoms with van der Waals surface area (Å²) in [6, 6.07) is 4.41. The molecule has 2 heterocycles. The lowest BCUT2D eigenvalue weighted by atomic mass is 10.0. The molecule has 0 amide bonds. The number of hydrogen-bond donors (Lipinski definition) is 1. The summed E-state index contributed by atoms with van der Waals surface area (Å²) in [5, 5.41) is 3.21. The van der Waals surface area contributed by atoms with Gasteiger partial charge in [0.1, 0.15) is 5.82 Å². The molecule has 1 aromatic heterocycles. The number of nitrogens with one attached hydrogen (secondary N) is 1. The summed E-state index contributed by atoms with van der Waals surface area (Å²) in [6.07, 6.45) is 1.89. The Balaban J connectivity index is 2.19. The highest BCUT2D eigenvalue weighted by Gasteiger charge is 2.25. The molecule has 0 unspecified atom stereocenters. The standard InChI is InChI=1S/C16H21N3O/c1-10-8-11(2)14(12(3)9-10)19-7-5-6-13-15(19)17-18(4)16(13)20/h8-9,17H,5-7H2,1-4H3. The van der Waals surface area contributed by atoms with Crippen LogP contribution < -0.4 is 10.5 Å². The van der Waals surface area contributed by atoms with Crippen LogP contribution in [0.5, 0.6) is 0 Å². The van der Waals surface area contributed by atoms with E-state index in [4.69, 9.17) is 0 Å². The highest BCUT2D eigenvalue weighted by atomic mass is 16.1. The fraction of sp³-hybridized carbons (Fsp3) is 0.438. The topological polar surface area (TPSA) is 41.0 Å². The van der Waals surface area contributed by atoms with Crippen LogP contribution in [0.2, 0.25) is 0 Å². The third-order valence-corrected chi connectivity index (χ3v) is 4.11. The van der Waals surface area contributed by atoms with Crippen molar-refractivity contribution in [2.24, 2.45) is 7.05 Å². The van der Waals surface area contributed by atoms with E-state index in [1.54, 1.807) is 11.7 Å². The molecule has 0 spiro atoms. The Labute approximate surface area is 119 Å². The number of aryl methyl sites for hydroxylation is 4. The third-order valence-electron chi connectivity index (χ3n) is 4.11. The minimum Gasteiger partial charge on any atom is -0.326 e. The van der Waals surface area contributed by atoms with Crippen LogP contribution >= 0.6 is 0 Å². The van der Waals surface area contributed by atoms with Crippen LogP contribution in [0.25, 0.3) is 0 Å². The zero-order valence-corrected chi connectivity index (χ0v) is 12.6. The summed E-state index contributed by atoms with van der Waals surface area (Å²) in [4.78, 5) is 14.4. The van der Waals surface area contributed by atoms with Crippen molar-refractivity contribution in [3.05, 3.63) is 44.7 Å². The van der Waals surface area contributed by atoms with Gasteiger partial charge < -0.3 is 4.90 Å². The Bertz CT molecular complexity index is 701. The van der Waals surface area contributed by atoms with E-state index in [0.29, 0.717) is 0 Å². The number of anilines is 2. The van der Waals surface area contributed by atoms with Crippen molar-refractivity contribution in [3.63, 3.8) is 0 Å². The van der Waals surface area contributed by atoms with Gasteiger partial charge in [-0.3, -0.25) is 14.6 Å². The second-order valence-electron chi connectivity index (χ2n) is 5.81. The van der Waals surface area contributed by atoms with Gasteiger partial charge in [0.15, 0.2) is 0 Å². The molecular weight excluding hydrogens is 250 g/mol. The quantitative estimate of drug-likeness (QED) is 0.866. The van der Waals surface area contributed by atoms with Gasteiger partial charge in [0.2, 0.25) is 0 Å². The van der Waals surface area contributed by atoms with Crippen molar-refractivity contribution in [3.8, 4) is 0 Å². The molecule has 0 radical (unpaired) electrons. The van der Waals surface area contributed by atoms with E-state index in [0.717, 1.165) is 30.8 Å². The van der Waals surface area contributed by atoms with Gasteiger partial charge in [0.25, 0.3) is 5.56 Å². The lowest BCUT2D eigenvalue weighted by molar-refractivity contribution is 0.731. The molecule has 0 fully saturated rings. The van der Waals surface area contributed by atoms with Gasteiger partial charge in [0.05, 0.1) is 5.56 Å². The molecule has 20 heavy (non-hydrogen) atoms. The van der Waals surface area contributed by atoms with Gasteiger partial charge in [-0.05, 0) is 44.7 Å². The summed E-state index contributed by atoms with van der Waals surface area (Å²) >= 11 is 0. The number of nitrogens with zero attached hydrogens (tertiary/aromatic N) is 2. The molecule has 0 saturated carbocycles. The fourth-order valence-corrected chi connectivity index (χ4v) is 3.38. The van der Waals surface area contributed by atoms with Gasteiger partial charge in [-0.2, -0.15) is 0 Å². The van der Waals surface area contributed by atoms with Crippen LogP contribution in [0.1, 0.15) is 28.7 Å². The molecule has 1 aliphatic heterocycles. The predicted octanol–water partition coefficient (Wildman–Crippen LogP) is 2.72. The van der Waals surface area contributed by atoms with Gasteiger partial charge >= 0.3 is 0 Å². The Morgan fingerprint density at radius 3 is 2.45 bits per heavy atom. The van der Waals surface area contributed by atoms with Crippen molar-refractivity contribution in [2.75, 3.05) is 11.4 Å². The number of benzene rings is 1. The van der Waals surface area contributed by atoms with Crippen molar-refractivity contribution in [1.82, 2.24) is 9.78 Å². The predicted molar refractivity (Wildman–Crippen MR) is 82.0 cm³/mol. The zero-order valence-electron chi connectivity index (χ0n) is 12.6. The molecule has 0 aliphatic carbocycles. The average Bonchev–Trinajstić information content (AvgIpc) is 2.66. The molecule has 0 atom stereocenters. The van der Waals surface area contributed by atoms with Crippen molar-refractivity contribution in [2.45, 2.75) is 33.6 Å². The van der Waals surface area contributed by atoms with Gasteiger partial charge in [-0.15, -0.1) is 0 Å². The number of aromatic amines is 1. The Hall–Kier alpha value is -1.97. The van der Waals surface area contributed by atoms with E-state index in [2.05, 4.69) is 42.9 Å². The molecule has 0 bridgehead atoms. The summed E-state index contributed by atoms with van der Waals surface area (Å²) in [5.41, 5.74) is 6.06. The first kappa shape index (κ1) is 13.0. The highest BCUT2D eigenvalue weighted by molar-refractivity contribution is 5.70. The molecule has 2 aromatic rings. The van der Waals surface area contributed by atoms with Crippen LogP contribution in [0.15, 0.2) is 16.9 Å². The zero-order chi connectivity index (χ0) is 14.4. The SMILES string of the molecule is Cc1cc(C)c(N2CCCc3c2[nH]n(C)c3=O)c(C)c1. The molecular formula is C16H21N3O. The number of H-pyrrole nitrogens is 1. The van der Waals surface area contributed by atoms with E-state index in [1.807, 2.05) is 0 Å². The molecule has 3 rings (SSSR count). The number of rotatable bonds is 1. The van der Waals surface area contributed by atoms with E-state index in [-0.39, 0.29) is 5.56 Å². The average molecular weight is 271 g/mol. The molecule has 0 saturated heterocycles. The summed E-state index contributed by atoms with van der Waals surface area (Å²) < 4.78 is 1.59. The molecule has 4 heteroatoms. The molecule has 1 N–H and O–H groups in total. The normalized spacial score (nSPS) is 14.5. The minimum atomic E-state index is 0.104. The van der Waals surface area contributed by atoms with E-state index in [9.17, 15) is 4.79 Å². The Morgan fingerprint density at radius 2 is 1.80 bits per heavy atom. The minimum absolute atomic E-state index is 0.104. The van der Waals surface area contributed by atoms with E-state index < -0.39 is 0 Å². The maximum absolute atomic E-state index is 12.1. The molecule has 1 aliphatic rings. The maximum Gasteiger partial charge on any atom is 0.271 e. The first-order chi connectivity index (χ1) is 9.49. The van der Waals surface area contributed by atoms with Crippen LogP contribution in [-0.4, -0.2) is 16.3 Å². The lowest BCUT2D eigenvalue weighted by Gasteiger charge is -2.31. The van der Waals surface area contributed by atoms with Crippen LogP contribution in [0.4, 0.5) is 11.5 Å². The van der Waals surface area contributed by atoms with Crippen molar-refractivity contribution < 1.29 is 0 Å². The molecule has 4 nitrogen and oxygen atoms in total. The number of fused-ring (bicyclic) bond motifs is 1. The third kappa shape index (κ3) is 1.87. The summed E-state index contributed by atoms with van der Waals surface area (Å²) in [5.74, 6) is 0.971. The first-order valence-electron chi connectivity index (χ1n) is 7.12. The highest BCUT2D eigenvalue weighted by Crippen LogP contribution is 2.35. The summed E-state index contributed by atoms with van der Waals surface area (Å²) in [6.45, 7) is 7.36. The maximum atomic E-state index is 12.1.